The number of nitrogens with one attached hydrogen (secondary N) is 3. The fourth-order valence-corrected chi connectivity index (χ4v) is 4.11. The number of benzene rings is 1. The lowest BCUT2D eigenvalue weighted by Gasteiger charge is -2.41. The van der Waals surface area contributed by atoms with E-state index in [1.165, 1.54) is 6.33 Å². The third-order valence-corrected chi connectivity index (χ3v) is 5.99. The number of hydrogen-bond donors (Lipinski definition) is 5. The number of piperidine rings is 1. The van der Waals surface area contributed by atoms with E-state index in [4.69, 9.17) is 11.6 Å². The van der Waals surface area contributed by atoms with Crippen LogP contribution in [0.1, 0.15) is 24.5 Å². The number of H-pyrrole nitrogens is 1. The van der Waals surface area contributed by atoms with Crippen LogP contribution in [0.2, 0.25) is 5.02 Å². The van der Waals surface area contributed by atoms with Crippen molar-refractivity contribution in [3.63, 3.8) is 0 Å². The lowest BCUT2D eigenvalue weighted by Crippen LogP contribution is -2.63. The molecule has 0 aliphatic carbocycles. The van der Waals surface area contributed by atoms with E-state index in [1.54, 1.807) is 30.5 Å². The second kappa shape index (κ2) is 9.01. The highest BCUT2D eigenvalue weighted by molar-refractivity contribution is 6.30. The number of carbonyl (C=O) groups excluding carboxylic acids is 1. The fourth-order valence-electron chi connectivity index (χ4n) is 3.99. The molecule has 2 amide bonds. The Morgan fingerprint density at radius 3 is 2.59 bits per heavy atom. The molecule has 5 N–H and O–H groups in total. The van der Waals surface area contributed by atoms with Crippen LogP contribution >= 0.6 is 11.6 Å². The molecule has 10 nitrogen and oxygen atoms in total. The van der Waals surface area contributed by atoms with E-state index in [2.05, 4.69) is 25.6 Å². The van der Waals surface area contributed by atoms with Gasteiger partial charge in [-0.2, -0.15) is 0 Å². The Bertz CT molecular complexity index is 1110. The Hall–Kier alpha value is -3.37. The SMILES string of the molecule is O=C(O)NC1(C(=O)NCC(O)c2ccc(Cl)cc2)CCN(c2ncnc3[nH]ccc23)CC1. The number of nitrogens with zero attached hydrogens (tertiary/aromatic N) is 3. The third-order valence-electron chi connectivity index (χ3n) is 5.74. The lowest BCUT2D eigenvalue weighted by atomic mass is 9.86. The molecule has 168 valence electrons. The molecule has 1 atom stereocenters. The number of rotatable bonds is 6. The molecule has 4 rings (SSSR count). The minimum Gasteiger partial charge on any atom is -0.465 e. The highest BCUT2D eigenvalue weighted by Gasteiger charge is 2.43. The van der Waals surface area contributed by atoms with E-state index in [9.17, 15) is 19.8 Å². The molecular formula is C21H23ClN6O4. The molecule has 1 saturated heterocycles. The van der Waals surface area contributed by atoms with Crippen molar-refractivity contribution in [2.24, 2.45) is 0 Å². The van der Waals surface area contributed by atoms with E-state index >= 15 is 0 Å². The van der Waals surface area contributed by atoms with Crippen molar-refractivity contribution in [2.45, 2.75) is 24.5 Å². The number of aromatic amines is 1. The van der Waals surface area contributed by atoms with Crippen molar-refractivity contribution < 1.29 is 19.8 Å². The van der Waals surface area contributed by atoms with Crippen molar-refractivity contribution in [3.8, 4) is 0 Å². The summed E-state index contributed by atoms with van der Waals surface area (Å²) in [5, 5.41) is 26.3. The number of carbonyl (C=O) groups is 2. The molecule has 3 heterocycles. The van der Waals surface area contributed by atoms with Gasteiger partial charge in [-0.3, -0.25) is 4.79 Å². The molecular weight excluding hydrogens is 436 g/mol. The summed E-state index contributed by atoms with van der Waals surface area (Å²) in [7, 11) is 0. The van der Waals surface area contributed by atoms with Crippen LogP contribution in [0.5, 0.6) is 0 Å². The van der Waals surface area contributed by atoms with Crippen molar-refractivity contribution in [1.29, 1.82) is 0 Å². The molecule has 0 bridgehead atoms. The molecule has 0 spiro atoms. The van der Waals surface area contributed by atoms with E-state index in [0.717, 1.165) is 11.2 Å². The zero-order valence-corrected chi connectivity index (χ0v) is 17.8. The quantitative estimate of drug-likeness (QED) is 0.380. The van der Waals surface area contributed by atoms with Crippen LogP contribution in [0.15, 0.2) is 42.9 Å². The number of fused-ring (bicyclic) bond motifs is 1. The number of anilines is 1. The normalized spacial score (nSPS) is 16.5. The number of aromatic nitrogens is 3. The lowest BCUT2D eigenvalue weighted by molar-refractivity contribution is -0.128. The monoisotopic (exact) mass is 458 g/mol. The highest BCUT2D eigenvalue weighted by Crippen LogP contribution is 2.29. The first-order valence-corrected chi connectivity index (χ1v) is 10.5. The zero-order valence-electron chi connectivity index (χ0n) is 17.1. The van der Waals surface area contributed by atoms with Crippen LogP contribution in [0.3, 0.4) is 0 Å². The maximum absolute atomic E-state index is 13.0. The van der Waals surface area contributed by atoms with Crippen LogP contribution < -0.4 is 15.5 Å². The van der Waals surface area contributed by atoms with Crippen LogP contribution in [0, 0.1) is 0 Å². The number of hydrogen-bond acceptors (Lipinski definition) is 6. The summed E-state index contributed by atoms with van der Waals surface area (Å²) in [4.78, 5) is 38.1. The molecule has 0 saturated carbocycles. The number of halogens is 1. The van der Waals surface area contributed by atoms with Gasteiger partial charge < -0.3 is 30.7 Å². The van der Waals surface area contributed by atoms with E-state index < -0.39 is 23.6 Å². The summed E-state index contributed by atoms with van der Waals surface area (Å²) in [5.74, 6) is 0.265. The van der Waals surface area contributed by atoms with Gasteiger partial charge in [0.15, 0.2) is 0 Å². The Balaban J connectivity index is 1.44. The second-order valence-corrected chi connectivity index (χ2v) is 8.15. The van der Waals surface area contributed by atoms with Gasteiger partial charge in [-0.15, -0.1) is 0 Å². The molecule has 1 fully saturated rings. The summed E-state index contributed by atoms with van der Waals surface area (Å²) >= 11 is 5.86. The zero-order chi connectivity index (χ0) is 22.7. The molecule has 2 aromatic heterocycles. The van der Waals surface area contributed by atoms with Gasteiger partial charge in [-0.1, -0.05) is 23.7 Å². The molecule has 1 aromatic carbocycles. The minimum atomic E-state index is -1.30. The highest BCUT2D eigenvalue weighted by atomic mass is 35.5. The fraction of sp³-hybridized carbons (Fsp3) is 0.333. The van der Waals surface area contributed by atoms with Crippen molar-refractivity contribution in [2.75, 3.05) is 24.5 Å². The molecule has 0 radical (unpaired) electrons. The summed E-state index contributed by atoms with van der Waals surface area (Å²) in [6.07, 6.45) is 1.53. The summed E-state index contributed by atoms with van der Waals surface area (Å²) in [6, 6.07) is 8.53. The summed E-state index contributed by atoms with van der Waals surface area (Å²) < 4.78 is 0. The first-order chi connectivity index (χ1) is 15.4. The molecule has 1 aliphatic heterocycles. The van der Waals surface area contributed by atoms with Gasteiger partial charge in [0.25, 0.3) is 0 Å². The van der Waals surface area contributed by atoms with Crippen LogP contribution in [0.25, 0.3) is 11.0 Å². The Morgan fingerprint density at radius 1 is 1.19 bits per heavy atom. The average Bonchev–Trinajstić information content (AvgIpc) is 3.27. The standard InChI is InChI=1S/C21H23ClN6O4/c22-14-3-1-13(2-4-14)16(29)11-24-19(30)21(27-20(31)32)6-9-28(10-7-21)18-15-5-8-23-17(15)25-12-26-18/h1-5,8,12,16,27,29H,6-7,9-11H2,(H,24,30)(H,31,32)(H,23,25,26). The average molecular weight is 459 g/mol. The van der Waals surface area contributed by atoms with E-state index in [1.807, 2.05) is 11.0 Å². The topological polar surface area (TPSA) is 143 Å². The Morgan fingerprint density at radius 2 is 1.91 bits per heavy atom. The van der Waals surface area contributed by atoms with Gasteiger partial charge in [0, 0.05) is 30.9 Å². The summed E-state index contributed by atoms with van der Waals surface area (Å²) in [5.41, 5.74) is 0.0141. The Kier molecular flexibility index (Phi) is 6.15. The van der Waals surface area contributed by atoms with Gasteiger partial charge in [0.05, 0.1) is 11.5 Å². The van der Waals surface area contributed by atoms with Gasteiger partial charge in [-0.05, 0) is 36.6 Å². The predicted octanol–water partition coefficient (Wildman–Crippen LogP) is 2.07. The molecule has 32 heavy (non-hydrogen) atoms. The van der Waals surface area contributed by atoms with E-state index in [-0.39, 0.29) is 19.4 Å². The number of aliphatic hydroxyl groups excluding tert-OH is 1. The molecule has 3 aromatic rings. The molecule has 11 heteroatoms. The predicted molar refractivity (Wildman–Crippen MR) is 119 cm³/mol. The van der Waals surface area contributed by atoms with Crippen molar-refractivity contribution in [1.82, 2.24) is 25.6 Å². The van der Waals surface area contributed by atoms with Gasteiger partial charge >= 0.3 is 6.09 Å². The first-order valence-electron chi connectivity index (χ1n) is 10.1. The van der Waals surface area contributed by atoms with Gasteiger partial charge in [-0.25, -0.2) is 14.8 Å². The summed E-state index contributed by atoms with van der Waals surface area (Å²) in [6.45, 7) is 0.790. The van der Waals surface area contributed by atoms with E-state index in [0.29, 0.717) is 29.3 Å². The number of amides is 2. The molecule has 1 unspecified atom stereocenters. The van der Waals surface area contributed by atoms with Crippen molar-refractivity contribution >= 4 is 40.5 Å². The maximum atomic E-state index is 13.0. The Labute approximate surface area is 188 Å². The van der Waals surface area contributed by atoms with Gasteiger partial charge in [0.2, 0.25) is 5.91 Å². The second-order valence-electron chi connectivity index (χ2n) is 7.71. The molecule has 1 aliphatic rings. The number of carboxylic acid groups (broad SMARTS) is 1. The van der Waals surface area contributed by atoms with Gasteiger partial charge in [0.1, 0.15) is 23.3 Å². The van der Waals surface area contributed by atoms with Crippen LogP contribution in [0.4, 0.5) is 10.6 Å². The van der Waals surface area contributed by atoms with Crippen LogP contribution in [-0.2, 0) is 4.79 Å². The van der Waals surface area contributed by atoms with Crippen LogP contribution in [-0.4, -0.2) is 62.3 Å². The minimum absolute atomic E-state index is 0.0525. The smallest absolute Gasteiger partial charge is 0.405 e. The number of aliphatic hydroxyl groups is 1. The van der Waals surface area contributed by atoms with Crippen molar-refractivity contribution in [3.05, 3.63) is 53.4 Å². The maximum Gasteiger partial charge on any atom is 0.405 e. The third kappa shape index (κ3) is 4.46. The largest absolute Gasteiger partial charge is 0.465 e. The first kappa shape index (κ1) is 21.8.